The Bertz CT molecular complexity index is 186. The van der Waals surface area contributed by atoms with Crippen molar-refractivity contribution in [2.24, 2.45) is 0 Å². The second-order valence-corrected chi connectivity index (χ2v) is 48.4. The molecule has 0 saturated carbocycles. The Kier molecular flexibility index (Phi) is 3.50. The second kappa shape index (κ2) is 3.58. The van der Waals surface area contributed by atoms with E-state index in [0.29, 0.717) is 0 Å². The zero-order valence-corrected chi connectivity index (χ0v) is 16.8. The van der Waals surface area contributed by atoms with Crippen LogP contribution in [0.15, 0.2) is 0 Å². The molecule has 0 spiro atoms. The molecule has 0 radical (unpaired) electrons. The average molecular weight is 364 g/mol. The van der Waals surface area contributed by atoms with Crippen molar-refractivity contribution in [3.63, 3.8) is 0 Å². The van der Waals surface area contributed by atoms with Crippen LogP contribution in [0.4, 0.5) is 0 Å². The molecule has 0 aromatic carbocycles. The molecule has 0 nitrogen and oxygen atoms in total. The third-order valence-corrected chi connectivity index (χ3v) is 79.7. The van der Waals surface area contributed by atoms with Crippen LogP contribution in [-0.2, 0) is 0 Å². The average Bonchev–Trinajstić information content (AvgIpc) is 1.77. The first-order valence-electron chi connectivity index (χ1n) is 5.57. The molecule has 13 heavy (non-hydrogen) atoms. The SMILES string of the molecule is C[CH]1[Ge]([CH3])([CH3])[CH2][Ge]([CH3])([CH3])[CH2][Ge]1([CH3])[CH3]. The third-order valence-electron chi connectivity index (χ3n) is 4.21. The molecule has 3 heteroatoms. The Labute approximate surface area is 92.3 Å². The Balaban J connectivity index is 2.96. The van der Waals surface area contributed by atoms with Gasteiger partial charge in [-0.3, -0.25) is 0 Å². The Hall–Kier alpha value is 1.63. The summed E-state index contributed by atoms with van der Waals surface area (Å²) in [6.45, 7) is 2.62. The van der Waals surface area contributed by atoms with E-state index in [1.54, 1.807) is 8.17 Å². The normalized spacial score (nSPS) is 31.6. The first-order chi connectivity index (χ1) is 5.57. The van der Waals surface area contributed by atoms with E-state index in [4.69, 9.17) is 0 Å². The minimum atomic E-state index is -1.31. The van der Waals surface area contributed by atoms with Gasteiger partial charge in [-0.15, -0.1) is 0 Å². The standard InChI is InChI=1S/C10H26Ge3/c1-10-12(4,5)8-11(2,3)9-13(10,6)7/h10H,8-9H2,1-7H3. The van der Waals surface area contributed by atoms with Gasteiger partial charge in [-0.05, 0) is 0 Å². The van der Waals surface area contributed by atoms with Crippen molar-refractivity contribution in [1.82, 2.24) is 0 Å². The van der Waals surface area contributed by atoms with E-state index in [9.17, 15) is 0 Å². The van der Waals surface area contributed by atoms with Gasteiger partial charge in [0.1, 0.15) is 0 Å². The minimum absolute atomic E-state index is 1.24. The van der Waals surface area contributed by atoms with Crippen LogP contribution in [0.5, 0.6) is 0 Å². The van der Waals surface area contributed by atoms with Gasteiger partial charge in [-0.1, -0.05) is 0 Å². The van der Waals surface area contributed by atoms with Crippen molar-refractivity contribution < 1.29 is 0 Å². The molecule has 0 bridgehead atoms. The molecule has 0 N–H and O–H groups in total. The Morgan fingerprint density at radius 2 is 1.08 bits per heavy atom. The van der Waals surface area contributed by atoms with Gasteiger partial charge in [0, 0.05) is 0 Å². The number of hydrogen-bond donors (Lipinski definition) is 0. The summed E-state index contributed by atoms with van der Waals surface area (Å²) in [6.07, 6.45) is 0. The number of rotatable bonds is 0. The second-order valence-electron chi connectivity index (χ2n) is 7.22. The summed E-state index contributed by atoms with van der Waals surface area (Å²) in [5, 5.41) is 0. The third kappa shape index (κ3) is 2.81. The molecule has 0 atom stereocenters. The summed E-state index contributed by atoms with van der Waals surface area (Å²) in [5.74, 6) is 16.2. The van der Waals surface area contributed by atoms with Gasteiger partial charge in [0.15, 0.2) is 0 Å². The molecular formula is C10H26Ge3. The zero-order chi connectivity index (χ0) is 10.5. The van der Waals surface area contributed by atoms with E-state index >= 15 is 0 Å². The van der Waals surface area contributed by atoms with Crippen LogP contribution in [0.1, 0.15) is 6.92 Å². The molecule has 1 aliphatic heterocycles. The van der Waals surface area contributed by atoms with Crippen molar-refractivity contribution in [2.45, 2.75) is 53.2 Å². The van der Waals surface area contributed by atoms with E-state index in [2.05, 4.69) is 41.5 Å². The topological polar surface area (TPSA) is 0 Å². The first kappa shape index (κ1) is 12.7. The maximum absolute atomic E-state index is 2.71. The summed E-state index contributed by atoms with van der Waals surface area (Å²) in [7, 11) is 0. The molecule has 0 aromatic rings. The van der Waals surface area contributed by atoms with Crippen molar-refractivity contribution in [3.05, 3.63) is 0 Å². The van der Waals surface area contributed by atoms with Gasteiger partial charge in [-0.25, -0.2) is 0 Å². The molecule has 1 aliphatic rings. The molecule has 1 fully saturated rings. The quantitative estimate of drug-likeness (QED) is 0.567. The molecule has 0 amide bonds. The monoisotopic (exact) mass is 368 g/mol. The molecule has 0 aliphatic carbocycles. The Morgan fingerprint density at radius 3 is 1.38 bits per heavy atom. The van der Waals surface area contributed by atoms with Gasteiger partial charge in [0.2, 0.25) is 0 Å². The van der Waals surface area contributed by atoms with E-state index in [0.717, 1.165) is 0 Å². The van der Waals surface area contributed by atoms with Gasteiger partial charge in [0.25, 0.3) is 0 Å². The maximum atomic E-state index is 2.71. The fourth-order valence-corrected chi connectivity index (χ4v) is 124. The molecule has 0 unspecified atom stereocenters. The molecule has 1 heterocycles. The summed E-state index contributed by atoms with van der Waals surface area (Å²) in [4.78, 5) is 0. The molecule has 78 valence electrons. The molecule has 1 saturated heterocycles. The first-order valence-corrected chi connectivity index (χ1v) is 26.5. The molecular weight excluding hydrogens is 338 g/mol. The fraction of sp³-hybridized carbons (Fsp3) is 1.00. The van der Waals surface area contributed by atoms with Crippen molar-refractivity contribution in [3.8, 4) is 0 Å². The van der Waals surface area contributed by atoms with E-state index in [1.165, 1.54) is 3.58 Å². The van der Waals surface area contributed by atoms with E-state index in [-0.39, 0.29) is 0 Å². The van der Waals surface area contributed by atoms with Gasteiger partial charge >= 0.3 is 93.0 Å². The summed E-state index contributed by atoms with van der Waals surface area (Å²) in [6, 6.07) is 0. The van der Waals surface area contributed by atoms with Crippen LogP contribution in [0.3, 0.4) is 0 Å². The van der Waals surface area contributed by atoms with Crippen molar-refractivity contribution >= 4 is 39.8 Å². The van der Waals surface area contributed by atoms with Crippen LogP contribution >= 0.6 is 0 Å². The fourth-order valence-electron chi connectivity index (χ4n) is 3.89. The van der Waals surface area contributed by atoms with Crippen LogP contribution < -0.4 is 0 Å². The van der Waals surface area contributed by atoms with Crippen LogP contribution in [0, 0.1) is 0 Å². The predicted molar refractivity (Wildman–Crippen MR) is 71.5 cm³/mol. The summed E-state index contributed by atoms with van der Waals surface area (Å²) < 4.78 is 4.82. The van der Waals surface area contributed by atoms with Crippen LogP contribution in [-0.4, -0.2) is 39.8 Å². The van der Waals surface area contributed by atoms with Crippen molar-refractivity contribution in [1.29, 1.82) is 0 Å². The van der Waals surface area contributed by atoms with Crippen molar-refractivity contribution in [2.75, 3.05) is 0 Å². The van der Waals surface area contributed by atoms with E-state index in [1.807, 2.05) is 0 Å². The van der Waals surface area contributed by atoms with Gasteiger partial charge < -0.3 is 0 Å². The van der Waals surface area contributed by atoms with Gasteiger partial charge in [0.05, 0.1) is 0 Å². The van der Waals surface area contributed by atoms with Gasteiger partial charge in [-0.2, -0.15) is 0 Å². The van der Waals surface area contributed by atoms with Crippen LogP contribution in [0.25, 0.3) is 0 Å². The summed E-state index contributed by atoms with van der Waals surface area (Å²) in [5.41, 5.74) is 0. The number of hydrogen-bond acceptors (Lipinski definition) is 0. The molecule has 0 aromatic heterocycles. The van der Waals surface area contributed by atoms with Crippen LogP contribution in [0.2, 0.25) is 46.3 Å². The zero-order valence-electron chi connectivity index (χ0n) is 10.5. The predicted octanol–water partition coefficient (Wildman–Crippen LogP) is 4.13. The summed E-state index contributed by atoms with van der Waals surface area (Å²) >= 11 is -3.86. The Morgan fingerprint density at radius 1 is 0.769 bits per heavy atom. The molecule has 1 rings (SSSR count). The van der Waals surface area contributed by atoms with E-state index < -0.39 is 39.8 Å².